The molecular weight excluding hydrogens is 312 g/mol. The standard InChI is InChI=1S/C22H30O3/c1-22(2,17-10-14-5-6-18(17)24-14)25-21(23)16-9-13-8-15(16)20-12-4-3-11(7-12)19(13)20/h3-4,11-20H,5-10H2,1-2H3. The molecule has 0 amide bonds. The molecule has 0 aromatic carbocycles. The Hall–Kier alpha value is -0.830. The van der Waals surface area contributed by atoms with Crippen molar-refractivity contribution in [3.63, 3.8) is 0 Å². The van der Waals surface area contributed by atoms with Gasteiger partial charge in [-0.05, 0) is 87.9 Å². The molecule has 10 unspecified atom stereocenters. The molecule has 0 aromatic rings. The van der Waals surface area contributed by atoms with Crippen molar-refractivity contribution in [2.24, 2.45) is 47.3 Å². The zero-order valence-corrected chi connectivity index (χ0v) is 15.4. The van der Waals surface area contributed by atoms with E-state index in [1.807, 2.05) is 0 Å². The number of esters is 1. The van der Waals surface area contributed by atoms with Crippen LogP contribution in [0.3, 0.4) is 0 Å². The molecular formula is C22H30O3. The van der Waals surface area contributed by atoms with Crippen molar-refractivity contribution >= 4 is 5.97 Å². The monoisotopic (exact) mass is 342 g/mol. The minimum absolute atomic E-state index is 0.102. The van der Waals surface area contributed by atoms with Crippen molar-refractivity contribution in [2.75, 3.05) is 0 Å². The molecule has 2 aliphatic heterocycles. The summed E-state index contributed by atoms with van der Waals surface area (Å²) < 4.78 is 12.2. The van der Waals surface area contributed by atoms with Gasteiger partial charge in [0.2, 0.25) is 0 Å². The second-order valence-electron chi connectivity index (χ2n) is 10.3. The van der Waals surface area contributed by atoms with Crippen molar-refractivity contribution in [1.82, 2.24) is 0 Å². The van der Waals surface area contributed by atoms with E-state index in [4.69, 9.17) is 9.47 Å². The van der Waals surface area contributed by atoms with Crippen LogP contribution in [0.1, 0.15) is 52.4 Å². The normalized spacial score (nSPS) is 54.5. The van der Waals surface area contributed by atoms with Gasteiger partial charge in [0, 0.05) is 5.92 Å². The lowest BCUT2D eigenvalue weighted by atomic mass is 9.69. The molecule has 0 aromatic heterocycles. The molecule has 136 valence electrons. The van der Waals surface area contributed by atoms with Gasteiger partial charge in [0.1, 0.15) is 5.60 Å². The van der Waals surface area contributed by atoms with Gasteiger partial charge in [-0.3, -0.25) is 4.79 Å². The zero-order valence-electron chi connectivity index (χ0n) is 15.4. The number of allylic oxidation sites excluding steroid dienone is 2. The largest absolute Gasteiger partial charge is 0.459 e. The highest BCUT2D eigenvalue weighted by Crippen LogP contribution is 2.67. The molecule has 6 rings (SSSR count). The van der Waals surface area contributed by atoms with Crippen molar-refractivity contribution < 1.29 is 14.3 Å². The van der Waals surface area contributed by atoms with Crippen LogP contribution in [-0.2, 0) is 14.3 Å². The third kappa shape index (κ3) is 1.99. The van der Waals surface area contributed by atoms with Crippen molar-refractivity contribution in [3.8, 4) is 0 Å². The van der Waals surface area contributed by atoms with E-state index in [0.29, 0.717) is 24.0 Å². The molecule has 3 heteroatoms. The first-order valence-electron chi connectivity index (χ1n) is 10.6. The fourth-order valence-electron chi connectivity index (χ4n) is 8.07. The SMILES string of the molecule is CC(C)(OC(=O)C1CC2CC1C1C3C=CC(C3)C21)C1CC2CCC1O2. The quantitative estimate of drug-likeness (QED) is 0.442. The summed E-state index contributed by atoms with van der Waals surface area (Å²) in [6.45, 7) is 4.24. The molecule has 0 radical (unpaired) electrons. The van der Waals surface area contributed by atoms with Gasteiger partial charge in [-0.25, -0.2) is 0 Å². The van der Waals surface area contributed by atoms with Gasteiger partial charge in [-0.1, -0.05) is 12.2 Å². The fraction of sp³-hybridized carbons (Fsp3) is 0.864. The van der Waals surface area contributed by atoms with Crippen molar-refractivity contribution in [3.05, 3.63) is 12.2 Å². The highest BCUT2D eigenvalue weighted by Gasteiger charge is 2.63. The number of rotatable bonds is 3. The molecule has 2 saturated heterocycles. The Morgan fingerprint density at radius 1 is 1.04 bits per heavy atom. The third-order valence-corrected chi connectivity index (χ3v) is 8.94. The predicted molar refractivity (Wildman–Crippen MR) is 93.6 cm³/mol. The van der Waals surface area contributed by atoms with Crippen LogP contribution in [0.5, 0.6) is 0 Å². The van der Waals surface area contributed by atoms with Gasteiger partial charge in [0.05, 0.1) is 18.1 Å². The molecule has 0 N–H and O–H groups in total. The van der Waals surface area contributed by atoms with E-state index in [9.17, 15) is 4.79 Å². The number of hydrogen-bond acceptors (Lipinski definition) is 3. The van der Waals surface area contributed by atoms with Crippen LogP contribution in [0.15, 0.2) is 12.2 Å². The lowest BCUT2D eigenvalue weighted by Gasteiger charge is -2.39. The van der Waals surface area contributed by atoms with E-state index in [-0.39, 0.29) is 17.5 Å². The van der Waals surface area contributed by atoms with Gasteiger partial charge in [0.25, 0.3) is 0 Å². The molecule has 4 aliphatic carbocycles. The topological polar surface area (TPSA) is 35.5 Å². The van der Waals surface area contributed by atoms with Gasteiger partial charge >= 0.3 is 5.97 Å². The Morgan fingerprint density at radius 3 is 2.56 bits per heavy atom. The van der Waals surface area contributed by atoms with Crippen LogP contribution in [0.2, 0.25) is 0 Å². The van der Waals surface area contributed by atoms with E-state index in [0.717, 1.165) is 48.9 Å². The summed E-state index contributed by atoms with van der Waals surface area (Å²) in [6.07, 6.45) is 12.8. The minimum Gasteiger partial charge on any atom is -0.459 e. The first-order chi connectivity index (χ1) is 12.0. The first-order valence-corrected chi connectivity index (χ1v) is 10.6. The second kappa shape index (κ2) is 4.91. The van der Waals surface area contributed by atoms with Gasteiger partial charge in [0.15, 0.2) is 0 Å². The number of carbonyl (C=O) groups excluding carboxylic acids is 1. The maximum Gasteiger partial charge on any atom is 0.309 e. The Bertz CT molecular complexity index is 637. The molecule has 25 heavy (non-hydrogen) atoms. The fourth-order valence-corrected chi connectivity index (χ4v) is 8.07. The molecule has 5 fully saturated rings. The van der Waals surface area contributed by atoms with Crippen molar-refractivity contribution in [1.29, 1.82) is 0 Å². The zero-order chi connectivity index (χ0) is 16.9. The Balaban J connectivity index is 1.17. The van der Waals surface area contributed by atoms with Crippen LogP contribution >= 0.6 is 0 Å². The number of hydrogen-bond donors (Lipinski definition) is 0. The van der Waals surface area contributed by atoms with Crippen LogP contribution in [-0.4, -0.2) is 23.8 Å². The number of fused-ring (bicyclic) bond motifs is 11. The lowest BCUT2D eigenvalue weighted by Crippen LogP contribution is -2.44. The summed E-state index contributed by atoms with van der Waals surface area (Å²) in [5.74, 6) is 5.26. The van der Waals surface area contributed by atoms with E-state index >= 15 is 0 Å². The molecule has 3 nitrogen and oxygen atoms in total. The highest BCUT2D eigenvalue weighted by molar-refractivity contribution is 5.74. The van der Waals surface area contributed by atoms with Crippen LogP contribution in [0, 0.1) is 47.3 Å². The highest BCUT2D eigenvalue weighted by atomic mass is 16.6. The molecule has 10 atom stereocenters. The van der Waals surface area contributed by atoms with Gasteiger partial charge < -0.3 is 9.47 Å². The molecule has 6 aliphatic rings. The smallest absolute Gasteiger partial charge is 0.309 e. The van der Waals surface area contributed by atoms with Crippen LogP contribution in [0.4, 0.5) is 0 Å². The summed E-state index contributed by atoms with van der Waals surface area (Å²) >= 11 is 0. The summed E-state index contributed by atoms with van der Waals surface area (Å²) in [5.41, 5.74) is -0.382. The maximum atomic E-state index is 13.1. The lowest BCUT2D eigenvalue weighted by molar-refractivity contribution is -0.172. The Labute approximate surface area is 150 Å². The predicted octanol–water partition coefficient (Wildman–Crippen LogP) is 3.97. The van der Waals surface area contributed by atoms with Gasteiger partial charge in [-0.15, -0.1) is 0 Å². The molecule has 0 spiro atoms. The summed E-state index contributed by atoms with van der Waals surface area (Å²) in [4.78, 5) is 13.1. The molecule has 6 bridgehead atoms. The number of carbonyl (C=O) groups is 1. The second-order valence-corrected chi connectivity index (χ2v) is 10.3. The average molecular weight is 342 g/mol. The summed E-state index contributed by atoms with van der Waals surface area (Å²) in [6, 6.07) is 0. The summed E-state index contributed by atoms with van der Waals surface area (Å²) in [5, 5.41) is 0. The maximum absolute atomic E-state index is 13.1. The summed E-state index contributed by atoms with van der Waals surface area (Å²) in [7, 11) is 0. The average Bonchev–Trinajstić information content (AvgIpc) is 3.41. The van der Waals surface area contributed by atoms with Crippen molar-refractivity contribution in [2.45, 2.75) is 70.2 Å². The van der Waals surface area contributed by atoms with E-state index in [2.05, 4.69) is 26.0 Å². The first kappa shape index (κ1) is 15.2. The third-order valence-electron chi connectivity index (χ3n) is 8.94. The van der Waals surface area contributed by atoms with Crippen LogP contribution in [0.25, 0.3) is 0 Å². The molecule has 3 saturated carbocycles. The van der Waals surface area contributed by atoms with E-state index in [1.54, 1.807) is 0 Å². The Morgan fingerprint density at radius 2 is 1.84 bits per heavy atom. The van der Waals surface area contributed by atoms with Crippen LogP contribution < -0.4 is 0 Å². The van der Waals surface area contributed by atoms with E-state index < -0.39 is 0 Å². The number of ether oxygens (including phenoxy) is 2. The Kier molecular flexibility index (Phi) is 2.99. The molecule has 2 heterocycles. The van der Waals surface area contributed by atoms with Gasteiger partial charge in [-0.2, -0.15) is 0 Å². The van der Waals surface area contributed by atoms with E-state index in [1.165, 1.54) is 19.3 Å². The minimum atomic E-state index is -0.382.